The summed E-state index contributed by atoms with van der Waals surface area (Å²) in [6.45, 7) is 10.3. The second kappa shape index (κ2) is 11.2. The Morgan fingerprint density at radius 1 is 1.00 bits per heavy atom. The molecule has 0 aromatic rings. The van der Waals surface area contributed by atoms with Crippen molar-refractivity contribution in [2.75, 3.05) is 6.61 Å². The van der Waals surface area contributed by atoms with E-state index in [2.05, 4.69) is 19.5 Å². The van der Waals surface area contributed by atoms with Crippen molar-refractivity contribution in [1.29, 1.82) is 0 Å². The predicted octanol–water partition coefficient (Wildman–Crippen LogP) is 4.47. The van der Waals surface area contributed by atoms with Crippen LogP contribution in [-0.2, 0) is 14.3 Å². The Hall–Kier alpha value is 0.576. The summed E-state index contributed by atoms with van der Waals surface area (Å²) < 4.78 is 4.46. The van der Waals surface area contributed by atoms with Crippen molar-refractivity contribution in [1.82, 2.24) is 0 Å². The van der Waals surface area contributed by atoms with Crippen LogP contribution in [0.3, 0.4) is 0 Å². The van der Waals surface area contributed by atoms with Crippen LogP contribution >= 0.6 is 0 Å². The Kier molecular flexibility index (Phi) is 12.6. The summed E-state index contributed by atoms with van der Waals surface area (Å²) in [6.07, 6.45) is 1.82. The second-order valence-corrected chi connectivity index (χ2v) is 22.6. The van der Waals surface area contributed by atoms with Gasteiger partial charge in [-0.3, -0.25) is 0 Å². The van der Waals surface area contributed by atoms with Gasteiger partial charge >= 0.3 is 152 Å². The molecule has 0 aliphatic rings. The second-order valence-electron chi connectivity index (χ2n) is 6.40. The topological polar surface area (TPSA) is 63.6 Å². The molecular weight excluding hydrogens is 500 g/mol. The van der Waals surface area contributed by atoms with Gasteiger partial charge in [-0.2, -0.15) is 0 Å². The molecule has 0 spiro atoms. The Bertz CT molecular complexity index is 354. The summed E-state index contributed by atoms with van der Waals surface area (Å²) in [4.78, 5) is 30.9. The van der Waals surface area contributed by atoms with Crippen molar-refractivity contribution in [3.8, 4) is 0 Å². The minimum absolute atomic E-state index is 0.0204. The molecule has 0 aliphatic heterocycles. The van der Waals surface area contributed by atoms with E-state index in [0.29, 0.717) is 6.61 Å². The molecule has 132 valence electrons. The fourth-order valence-electron chi connectivity index (χ4n) is 1.50. The molecule has 4 nitrogen and oxygen atoms in total. The molecule has 0 heterocycles. The molecule has 6 heteroatoms. The van der Waals surface area contributed by atoms with Gasteiger partial charge in [0.15, 0.2) is 0 Å². The normalized spacial score (nSPS) is 14.1. The van der Waals surface area contributed by atoms with Gasteiger partial charge < -0.3 is 0 Å². The molecule has 1 N–H and O–H groups in total. The van der Waals surface area contributed by atoms with Crippen LogP contribution < -0.4 is 0 Å². The number of hydrogen-bond donors (Lipinski definition) is 1. The third kappa shape index (κ3) is 7.91. The zero-order chi connectivity index (χ0) is 18.1. The van der Waals surface area contributed by atoms with Gasteiger partial charge in [0.2, 0.25) is 0 Å². The van der Waals surface area contributed by atoms with E-state index in [1.807, 2.05) is 34.6 Å². The molecule has 22 heavy (non-hydrogen) atoms. The molecule has 0 aliphatic carbocycles. The molecular formula is C16H34O4Sb2. The number of aliphatic carboxylic acids is 1. The molecule has 1 unspecified atom stereocenters. The third-order valence-electron chi connectivity index (χ3n) is 4.08. The summed E-state index contributed by atoms with van der Waals surface area (Å²) in [6, 6.07) is 0. The van der Waals surface area contributed by atoms with E-state index in [9.17, 15) is 9.59 Å². The first-order chi connectivity index (χ1) is 9.87. The van der Waals surface area contributed by atoms with Gasteiger partial charge in [-0.1, -0.05) is 0 Å². The molecule has 1 atom stereocenters. The fraction of sp³-hybridized carbons (Fsp3) is 0.875. The van der Waals surface area contributed by atoms with Crippen LogP contribution in [0.5, 0.6) is 0 Å². The number of carboxylic acid groups (broad SMARTS) is 1. The summed E-state index contributed by atoms with van der Waals surface area (Å²) in [5.74, 6) is -0.611. The first-order valence-electron chi connectivity index (χ1n) is 7.63. The van der Waals surface area contributed by atoms with Crippen LogP contribution in [0, 0.1) is 0 Å². The zero-order valence-corrected chi connectivity index (χ0v) is 20.8. The Morgan fingerprint density at radius 2 is 1.45 bits per heavy atom. The molecule has 0 amide bonds. The fourth-order valence-corrected chi connectivity index (χ4v) is 5.73. The van der Waals surface area contributed by atoms with Crippen LogP contribution in [0.2, 0.25) is 26.2 Å². The summed E-state index contributed by atoms with van der Waals surface area (Å²) in [7, 11) is 0. The van der Waals surface area contributed by atoms with Gasteiger partial charge in [0.1, 0.15) is 0 Å². The van der Waals surface area contributed by atoms with Crippen LogP contribution in [0.15, 0.2) is 0 Å². The van der Waals surface area contributed by atoms with E-state index in [-0.39, 0.29) is 12.7 Å². The van der Waals surface area contributed by atoms with Crippen LogP contribution in [0.4, 0.5) is 0 Å². The maximum atomic E-state index is 11.3. The molecule has 0 radical (unpaired) electrons. The monoisotopic (exact) mass is 532 g/mol. The number of esters is 1. The SMILES string of the molecule is CCC[C](C)(C(=O)O)[Sb]([CH3])[CH3].CCOC(=O)[C](C)(C)[Sb]([CH3])[CH3]. The van der Waals surface area contributed by atoms with E-state index >= 15 is 0 Å². The third-order valence-corrected chi connectivity index (χ3v) is 17.8. The van der Waals surface area contributed by atoms with Crippen LogP contribution in [-0.4, -0.2) is 64.1 Å². The number of ether oxygens (including phenoxy) is 1. The van der Waals surface area contributed by atoms with Crippen molar-refractivity contribution in [3.05, 3.63) is 0 Å². The van der Waals surface area contributed by atoms with E-state index in [0.717, 1.165) is 12.8 Å². The molecule has 0 saturated heterocycles. The number of carbonyl (C=O) groups is 2. The average Bonchev–Trinajstić information content (AvgIpc) is 2.39. The average molecular weight is 534 g/mol. The van der Waals surface area contributed by atoms with Gasteiger partial charge in [0.05, 0.1) is 0 Å². The van der Waals surface area contributed by atoms with Crippen LogP contribution in [0.25, 0.3) is 0 Å². The quantitative estimate of drug-likeness (QED) is 0.387. The van der Waals surface area contributed by atoms with Crippen molar-refractivity contribution in [2.24, 2.45) is 0 Å². The van der Waals surface area contributed by atoms with Gasteiger partial charge in [-0.25, -0.2) is 0 Å². The molecule has 0 saturated carbocycles. The number of rotatable bonds is 7. The number of carbonyl (C=O) groups excluding carboxylic acids is 1. The zero-order valence-electron chi connectivity index (χ0n) is 15.7. The summed E-state index contributed by atoms with van der Waals surface area (Å²) in [5.41, 5.74) is 0. The predicted molar refractivity (Wildman–Crippen MR) is 96.5 cm³/mol. The first kappa shape index (κ1) is 24.8. The Morgan fingerprint density at radius 3 is 1.64 bits per heavy atom. The maximum absolute atomic E-state index is 11.3. The minimum atomic E-state index is -1.49. The molecule has 0 aromatic heterocycles. The summed E-state index contributed by atoms with van der Waals surface area (Å²) >= 11 is -2.83. The Balaban J connectivity index is 0. The number of hydrogen-bond acceptors (Lipinski definition) is 3. The van der Waals surface area contributed by atoms with Crippen molar-refractivity contribution < 1.29 is 19.4 Å². The molecule has 0 rings (SSSR count). The van der Waals surface area contributed by atoms with Gasteiger partial charge in [0, 0.05) is 0 Å². The van der Waals surface area contributed by atoms with E-state index < -0.39 is 46.4 Å². The molecule has 0 fully saturated rings. The van der Waals surface area contributed by atoms with Gasteiger partial charge in [-0.05, 0) is 0 Å². The van der Waals surface area contributed by atoms with Crippen molar-refractivity contribution in [2.45, 2.75) is 73.7 Å². The van der Waals surface area contributed by atoms with E-state index in [1.165, 1.54) is 0 Å². The van der Waals surface area contributed by atoms with Crippen molar-refractivity contribution in [3.63, 3.8) is 0 Å². The number of carboxylic acids is 1. The molecule has 0 bridgehead atoms. The first-order valence-corrected chi connectivity index (χ1v) is 20.4. The van der Waals surface area contributed by atoms with Gasteiger partial charge in [0.25, 0.3) is 0 Å². The van der Waals surface area contributed by atoms with E-state index in [4.69, 9.17) is 9.84 Å². The summed E-state index contributed by atoms with van der Waals surface area (Å²) in [5, 5.41) is 8.98. The molecule has 0 aromatic carbocycles. The van der Waals surface area contributed by atoms with Crippen molar-refractivity contribution >= 4 is 52.4 Å². The van der Waals surface area contributed by atoms with Gasteiger partial charge in [-0.15, -0.1) is 0 Å². The van der Waals surface area contributed by atoms with E-state index in [1.54, 1.807) is 0 Å². The van der Waals surface area contributed by atoms with Crippen LogP contribution in [0.1, 0.15) is 47.5 Å². The standard InChI is InChI=1S/2C6H11O2.4CH3.2Sb/c1-4-8-6(7)5(2)3;1-3-4-5(2)6(7)8;;;;;;/h4H2,1-3H3;3-4H2,1-2H3,(H,7,8);4*1H3;;. The Labute approximate surface area is 151 Å².